The number of carbonyl (C=O) groups is 2. The highest BCUT2D eigenvalue weighted by molar-refractivity contribution is 7.17. The van der Waals surface area contributed by atoms with Crippen LogP contribution in [0.4, 0.5) is 13.9 Å². The van der Waals surface area contributed by atoms with E-state index in [0.717, 1.165) is 16.9 Å². The molecule has 2 rings (SSSR count). The summed E-state index contributed by atoms with van der Waals surface area (Å²) in [5, 5.41) is 2.95. The highest BCUT2D eigenvalue weighted by Crippen LogP contribution is 2.23. The van der Waals surface area contributed by atoms with E-state index in [0.29, 0.717) is 22.1 Å². The summed E-state index contributed by atoms with van der Waals surface area (Å²) in [4.78, 5) is 27.9. The molecule has 1 amide bonds. The largest absolute Gasteiger partial charge is 0.465 e. The number of thiazole rings is 1. The molecule has 1 aromatic heterocycles. The Hall–Kier alpha value is -2.55. The molecule has 0 aliphatic carbocycles. The number of methoxy groups -OCH3 is 1. The summed E-state index contributed by atoms with van der Waals surface area (Å²) in [6, 6.07) is 6.08. The Labute approximate surface area is 146 Å². The standard InChI is InChI=1S/C16H16F2N2O4S/c1-9-13(14(22)23-2)25-16(19-9)20-12(21)8-5-10-3-6-11(7-4-10)24-15(17)18/h3-4,6-7,15H,5,8H2,1-2H3,(H,19,20,21). The number of hydrogen-bond donors (Lipinski definition) is 1. The molecule has 0 aliphatic rings. The summed E-state index contributed by atoms with van der Waals surface area (Å²) in [5.74, 6) is -0.698. The van der Waals surface area contributed by atoms with E-state index in [1.165, 1.54) is 19.2 Å². The molecule has 6 nitrogen and oxygen atoms in total. The van der Waals surface area contributed by atoms with Gasteiger partial charge in [-0.3, -0.25) is 4.79 Å². The molecule has 0 radical (unpaired) electrons. The molecular formula is C16H16F2N2O4S. The van der Waals surface area contributed by atoms with Gasteiger partial charge in [0.25, 0.3) is 0 Å². The fraction of sp³-hybridized carbons (Fsp3) is 0.312. The minimum Gasteiger partial charge on any atom is -0.465 e. The second kappa shape index (κ2) is 8.52. The molecule has 1 heterocycles. The van der Waals surface area contributed by atoms with Gasteiger partial charge in [0.05, 0.1) is 12.8 Å². The summed E-state index contributed by atoms with van der Waals surface area (Å²) >= 11 is 1.04. The minimum atomic E-state index is -2.87. The highest BCUT2D eigenvalue weighted by atomic mass is 32.1. The number of halogens is 2. The van der Waals surface area contributed by atoms with Crippen molar-refractivity contribution in [3.05, 3.63) is 40.4 Å². The van der Waals surface area contributed by atoms with E-state index in [4.69, 9.17) is 0 Å². The minimum absolute atomic E-state index is 0.0665. The van der Waals surface area contributed by atoms with Gasteiger partial charge in [0.1, 0.15) is 10.6 Å². The Morgan fingerprint density at radius 1 is 1.28 bits per heavy atom. The molecule has 0 atom stereocenters. The van der Waals surface area contributed by atoms with E-state index in [2.05, 4.69) is 19.8 Å². The van der Waals surface area contributed by atoms with Gasteiger partial charge in [-0.15, -0.1) is 0 Å². The monoisotopic (exact) mass is 370 g/mol. The molecule has 0 aliphatic heterocycles. The number of anilines is 1. The Kier molecular flexibility index (Phi) is 6.40. The maximum Gasteiger partial charge on any atom is 0.387 e. The van der Waals surface area contributed by atoms with Gasteiger partial charge in [-0.1, -0.05) is 23.5 Å². The van der Waals surface area contributed by atoms with Crippen molar-refractivity contribution in [2.24, 2.45) is 0 Å². The number of ether oxygens (including phenoxy) is 2. The van der Waals surface area contributed by atoms with Crippen LogP contribution in [0.15, 0.2) is 24.3 Å². The second-order valence-corrected chi connectivity index (χ2v) is 5.99. The number of aryl methyl sites for hydroxylation is 2. The number of alkyl halides is 2. The van der Waals surface area contributed by atoms with Crippen molar-refractivity contribution in [3.63, 3.8) is 0 Å². The van der Waals surface area contributed by atoms with Crippen LogP contribution in [0.3, 0.4) is 0 Å². The first-order valence-electron chi connectivity index (χ1n) is 7.28. The maximum absolute atomic E-state index is 12.1. The molecule has 0 unspecified atom stereocenters. The fourth-order valence-electron chi connectivity index (χ4n) is 2.01. The first kappa shape index (κ1) is 18.8. The summed E-state index contributed by atoms with van der Waals surface area (Å²) in [6.07, 6.45) is 0.607. The van der Waals surface area contributed by atoms with E-state index < -0.39 is 12.6 Å². The first-order chi connectivity index (χ1) is 11.9. The molecule has 1 N–H and O–H groups in total. The van der Waals surface area contributed by atoms with Crippen molar-refractivity contribution < 1.29 is 27.8 Å². The topological polar surface area (TPSA) is 77.5 Å². The second-order valence-electron chi connectivity index (χ2n) is 5.00. The summed E-state index contributed by atoms with van der Waals surface area (Å²) in [7, 11) is 1.28. The molecule has 0 fully saturated rings. The van der Waals surface area contributed by atoms with Crippen molar-refractivity contribution in [2.75, 3.05) is 12.4 Å². The van der Waals surface area contributed by atoms with E-state index in [1.807, 2.05) is 0 Å². The van der Waals surface area contributed by atoms with Gasteiger partial charge in [-0.25, -0.2) is 9.78 Å². The zero-order chi connectivity index (χ0) is 18.4. The number of carbonyl (C=O) groups excluding carboxylic acids is 2. The summed E-state index contributed by atoms with van der Waals surface area (Å²) in [5.41, 5.74) is 1.30. The first-order valence-corrected chi connectivity index (χ1v) is 8.10. The van der Waals surface area contributed by atoms with E-state index in [9.17, 15) is 18.4 Å². The number of nitrogens with one attached hydrogen (secondary N) is 1. The number of rotatable bonds is 7. The van der Waals surface area contributed by atoms with Gasteiger partial charge < -0.3 is 14.8 Å². The fourth-order valence-corrected chi connectivity index (χ4v) is 2.91. The SMILES string of the molecule is COC(=O)c1sc(NC(=O)CCc2ccc(OC(F)F)cc2)nc1C. The number of benzene rings is 1. The molecule has 0 spiro atoms. The maximum atomic E-state index is 12.1. The normalized spacial score (nSPS) is 10.6. The lowest BCUT2D eigenvalue weighted by atomic mass is 10.1. The lowest BCUT2D eigenvalue weighted by Gasteiger charge is -2.06. The van der Waals surface area contributed by atoms with Crippen LogP contribution in [0.1, 0.15) is 27.3 Å². The Bertz CT molecular complexity index is 747. The average molecular weight is 370 g/mol. The van der Waals surface area contributed by atoms with Crippen molar-refractivity contribution in [1.82, 2.24) is 4.98 Å². The van der Waals surface area contributed by atoms with Crippen LogP contribution < -0.4 is 10.1 Å². The van der Waals surface area contributed by atoms with E-state index >= 15 is 0 Å². The Morgan fingerprint density at radius 3 is 2.56 bits per heavy atom. The predicted molar refractivity (Wildman–Crippen MR) is 88.2 cm³/mol. The van der Waals surface area contributed by atoms with Crippen LogP contribution in [-0.4, -0.2) is 30.6 Å². The number of nitrogens with zero attached hydrogens (tertiary/aromatic N) is 1. The third-order valence-corrected chi connectivity index (χ3v) is 4.26. The quantitative estimate of drug-likeness (QED) is 0.756. The Morgan fingerprint density at radius 2 is 1.96 bits per heavy atom. The van der Waals surface area contributed by atoms with Crippen molar-refractivity contribution >= 4 is 28.3 Å². The van der Waals surface area contributed by atoms with Crippen LogP contribution in [0, 0.1) is 6.92 Å². The van der Waals surface area contributed by atoms with Crippen LogP contribution in [0.25, 0.3) is 0 Å². The molecule has 0 saturated heterocycles. The van der Waals surface area contributed by atoms with Crippen LogP contribution in [0.2, 0.25) is 0 Å². The molecular weight excluding hydrogens is 354 g/mol. The Balaban J connectivity index is 1.87. The molecule has 1 aromatic carbocycles. The van der Waals surface area contributed by atoms with Crippen LogP contribution in [-0.2, 0) is 16.0 Å². The van der Waals surface area contributed by atoms with E-state index in [-0.39, 0.29) is 18.1 Å². The zero-order valence-corrected chi connectivity index (χ0v) is 14.4. The van der Waals surface area contributed by atoms with Gasteiger partial charge in [0.2, 0.25) is 5.91 Å². The number of esters is 1. The molecule has 9 heteroatoms. The molecule has 0 bridgehead atoms. The molecule has 25 heavy (non-hydrogen) atoms. The summed E-state index contributed by atoms with van der Waals surface area (Å²) < 4.78 is 33.0. The zero-order valence-electron chi connectivity index (χ0n) is 13.5. The van der Waals surface area contributed by atoms with Gasteiger partial charge in [0.15, 0.2) is 5.13 Å². The van der Waals surface area contributed by atoms with Crippen molar-refractivity contribution in [3.8, 4) is 5.75 Å². The lowest BCUT2D eigenvalue weighted by molar-refractivity contribution is -0.116. The van der Waals surface area contributed by atoms with Gasteiger partial charge in [-0.2, -0.15) is 8.78 Å². The van der Waals surface area contributed by atoms with Gasteiger partial charge in [-0.05, 0) is 31.0 Å². The molecule has 0 saturated carbocycles. The lowest BCUT2D eigenvalue weighted by Crippen LogP contribution is -2.12. The average Bonchev–Trinajstić information content (AvgIpc) is 2.93. The number of amides is 1. The van der Waals surface area contributed by atoms with Gasteiger partial charge in [0, 0.05) is 6.42 Å². The molecule has 2 aromatic rings. The third-order valence-electron chi connectivity index (χ3n) is 3.20. The van der Waals surface area contributed by atoms with Crippen LogP contribution >= 0.6 is 11.3 Å². The van der Waals surface area contributed by atoms with Crippen LogP contribution in [0.5, 0.6) is 5.75 Å². The van der Waals surface area contributed by atoms with Crippen molar-refractivity contribution in [1.29, 1.82) is 0 Å². The van der Waals surface area contributed by atoms with Crippen molar-refractivity contribution in [2.45, 2.75) is 26.4 Å². The highest BCUT2D eigenvalue weighted by Gasteiger charge is 2.16. The number of aromatic nitrogens is 1. The summed E-state index contributed by atoms with van der Waals surface area (Å²) in [6.45, 7) is -1.21. The molecule has 134 valence electrons. The van der Waals surface area contributed by atoms with Gasteiger partial charge >= 0.3 is 12.6 Å². The van der Waals surface area contributed by atoms with E-state index in [1.54, 1.807) is 19.1 Å². The number of hydrogen-bond acceptors (Lipinski definition) is 6. The smallest absolute Gasteiger partial charge is 0.387 e. The predicted octanol–water partition coefficient (Wildman–Crippen LogP) is 3.41. The third kappa shape index (κ3) is 5.49.